The van der Waals surface area contributed by atoms with Gasteiger partial charge in [-0.1, -0.05) is 23.2 Å². The van der Waals surface area contributed by atoms with Crippen LogP contribution in [0.5, 0.6) is 0 Å². The molecule has 0 bridgehead atoms. The van der Waals surface area contributed by atoms with Crippen LogP contribution in [0.15, 0.2) is 36.4 Å². The van der Waals surface area contributed by atoms with Gasteiger partial charge in [0.2, 0.25) is 0 Å². The molecule has 0 atom stereocenters. The summed E-state index contributed by atoms with van der Waals surface area (Å²) < 4.78 is 0. The molecule has 0 saturated carbocycles. The number of nitro groups is 1. The number of nitrogens with zero attached hydrogens (tertiary/aromatic N) is 2. The van der Waals surface area contributed by atoms with Crippen molar-refractivity contribution in [3.05, 3.63) is 67.7 Å². The summed E-state index contributed by atoms with van der Waals surface area (Å²) in [6.45, 7) is 0.388. The first-order chi connectivity index (χ1) is 10.0. The Morgan fingerprint density at radius 3 is 2.52 bits per heavy atom. The highest BCUT2D eigenvalue weighted by atomic mass is 35.5. The average Bonchev–Trinajstić information content (AvgIpc) is 2.46. The quantitative estimate of drug-likeness (QED) is 0.669. The fraction of sp³-hybridized carbons (Fsp3) is 0.0714. The van der Waals surface area contributed by atoms with Gasteiger partial charge in [-0.15, -0.1) is 0 Å². The highest BCUT2D eigenvalue weighted by Gasteiger charge is 2.09. The lowest BCUT2D eigenvalue weighted by Gasteiger charge is -2.09. The molecule has 0 heterocycles. The van der Waals surface area contributed by atoms with Gasteiger partial charge < -0.3 is 5.32 Å². The number of benzene rings is 2. The van der Waals surface area contributed by atoms with E-state index in [0.29, 0.717) is 22.2 Å². The molecule has 5 nitrogen and oxygen atoms in total. The number of hydrogen-bond donors (Lipinski definition) is 1. The minimum absolute atomic E-state index is 0.0508. The lowest BCUT2D eigenvalue weighted by molar-refractivity contribution is -0.384. The van der Waals surface area contributed by atoms with Crippen LogP contribution in [0.4, 0.5) is 11.4 Å². The number of nitrogens with one attached hydrogen (secondary N) is 1. The monoisotopic (exact) mass is 321 g/mol. The van der Waals surface area contributed by atoms with Gasteiger partial charge >= 0.3 is 0 Å². The molecule has 0 spiro atoms. The highest BCUT2D eigenvalue weighted by molar-refractivity contribution is 6.32. The van der Waals surface area contributed by atoms with Gasteiger partial charge in [-0.25, -0.2) is 0 Å². The second-order valence-corrected chi connectivity index (χ2v) is 5.01. The van der Waals surface area contributed by atoms with Crippen molar-refractivity contribution in [3.8, 4) is 6.07 Å². The summed E-state index contributed by atoms with van der Waals surface area (Å²) in [5, 5.41) is 23.2. The van der Waals surface area contributed by atoms with Crippen molar-refractivity contribution >= 4 is 34.6 Å². The Bertz CT molecular complexity index is 741. The second-order valence-electron chi connectivity index (χ2n) is 4.19. The number of halogens is 2. The number of nitriles is 1. The number of anilines is 1. The summed E-state index contributed by atoms with van der Waals surface area (Å²) >= 11 is 11.9. The third kappa shape index (κ3) is 3.63. The van der Waals surface area contributed by atoms with Gasteiger partial charge in [0.15, 0.2) is 0 Å². The van der Waals surface area contributed by atoms with E-state index in [1.807, 2.05) is 6.07 Å². The zero-order valence-corrected chi connectivity index (χ0v) is 12.1. The summed E-state index contributed by atoms with van der Waals surface area (Å²) in [7, 11) is 0. The van der Waals surface area contributed by atoms with Crippen LogP contribution in [0.2, 0.25) is 10.0 Å². The first-order valence-electron chi connectivity index (χ1n) is 5.87. The Hall–Kier alpha value is -2.29. The van der Waals surface area contributed by atoms with Crippen LogP contribution < -0.4 is 5.32 Å². The van der Waals surface area contributed by atoms with Gasteiger partial charge in [0.1, 0.15) is 6.07 Å². The Labute approximate surface area is 130 Å². The zero-order valence-electron chi connectivity index (χ0n) is 10.6. The molecule has 2 rings (SSSR count). The minimum atomic E-state index is -0.497. The van der Waals surface area contributed by atoms with Crippen LogP contribution in [-0.4, -0.2) is 4.92 Å². The van der Waals surface area contributed by atoms with E-state index in [4.69, 9.17) is 28.5 Å². The number of rotatable bonds is 4. The molecular formula is C14H9Cl2N3O2. The summed E-state index contributed by atoms with van der Waals surface area (Å²) in [6, 6.07) is 11.3. The maximum Gasteiger partial charge on any atom is 0.270 e. The molecule has 0 aromatic heterocycles. The maximum atomic E-state index is 10.6. The smallest absolute Gasteiger partial charge is 0.270 e. The largest absolute Gasteiger partial charge is 0.381 e. The van der Waals surface area contributed by atoms with Crippen molar-refractivity contribution < 1.29 is 4.92 Å². The van der Waals surface area contributed by atoms with Gasteiger partial charge in [0.05, 0.1) is 20.5 Å². The molecule has 2 aromatic rings. The molecule has 0 fully saturated rings. The topological polar surface area (TPSA) is 79.0 Å². The summed E-state index contributed by atoms with van der Waals surface area (Å²) in [6.07, 6.45) is 0. The molecule has 0 amide bonds. The van der Waals surface area contributed by atoms with Crippen LogP contribution in [0.1, 0.15) is 11.1 Å². The molecule has 0 aliphatic heterocycles. The van der Waals surface area contributed by atoms with E-state index in [1.54, 1.807) is 24.3 Å². The lowest BCUT2D eigenvalue weighted by atomic mass is 10.2. The first-order valence-corrected chi connectivity index (χ1v) is 6.63. The van der Waals surface area contributed by atoms with Crippen LogP contribution in [0.25, 0.3) is 0 Å². The standard InChI is InChI=1S/C14H9Cl2N3O2/c15-13-5-11(3-1-9(13)7-17)18-8-10-2-4-12(19(20)21)6-14(10)16/h1-6,18H,8H2. The fourth-order valence-corrected chi connectivity index (χ4v) is 2.17. The van der Waals surface area contributed by atoms with Crippen LogP contribution in [0, 0.1) is 21.4 Å². The van der Waals surface area contributed by atoms with E-state index in [0.717, 1.165) is 11.3 Å². The predicted molar refractivity (Wildman–Crippen MR) is 81.6 cm³/mol. The molecule has 0 radical (unpaired) electrons. The van der Waals surface area contributed by atoms with Crippen molar-refractivity contribution in [2.75, 3.05) is 5.32 Å². The molecule has 0 saturated heterocycles. The van der Waals surface area contributed by atoms with Gasteiger partial charge in [-0.3, -0.25) is 10.1 Å². The van der Waals surface area contributed by atoms with E-state index in [2.05, 4.69) is 5.32 Å². The predicted octanol–water partition coefficient (Wildman–Crippen LogP) is 4.39. The van der Waals surface area contributed by atoms with E-state index in [9.17, 15) is 10.1 Å². The van der Waals surface area contributed by atoms with Gasteiger partial charge in [-0.2, -0.15) is 5.26 Å². The molecule has 1 N–H and O–H groups in total. The lowest BCUT2D eigenvalue weighted by Crippen LogP contribution is -2.01. The molecule has 106 valence electrons. The maximum absolute atomic E-state index is 10.6. The van der Waals surface area contributed by atoms with E-state index in [-0.39, 0.29) is 5.69 Å². The molecule has 0 unspecified atom stereocenters. The van der Waals surface area contributed by atoms with Crippen molar-refractivity contribution in [3.63, 3.8) is 0 Å². The van der Waals surface area contributed by atoms with Crippen LogP contribution in [-0.2, 0) is 6.54 Å². The van der Waals surface area contributed by atoms with Crippen molar-refractivity contribution in [2.24, 2.45) is 0 Å². The Kier molecular flexibility index (Phi) is 4.63. The van der Waals surface area contributed by atoms with Crippen molar-refractivity contribution in [1.29, 1.82) is 5.26 Å². The number of non-ortho nitro benzene ring substituents is 1. The van der Waals surface area contributed by atoms with Crippen molar-refractivity contribution in [1.82, 2.24) is 0 Å². The first kappa shape index (κ1) is 15.1. The van der Waals surface area contributed by atoms with Gasteiger partial charge in [-0.05, 0) is 29.8 Å². The average molecular weight is 322 g/mol. The SMILES string of the molecule is N#Cc1ccc(NCc2ccc([N+](=O)[O-])cc2Cl)cc1Cl. The third-order valence-corrected chi connectivity index (χ3v) is 3.48. The molecule has 0 aliphatic carbocycles. The second kappa shape index (κ2) is 6.44. The molecule has 21 heavy (non-hydrogen) atoms. The number of nitro benzene ring substituents is 1. The van der Waals surface area contributed by atoms with Gasteiger partial charge in [0, 0.05) is 24.4 Å². The molecule has 7 heteroatoms. The third-order valence-electron chi connectivity index (χ3n) is 2.82. The Balaban J connectivity index is 2.11. The summed E-state index contributed by atoms with van der Waals surface area (Å²) in [5.41, 5.74) is 1.80. The zero-order chi connectivity index (χ0) is 15.4. The van der Waals surface area contributed by atoms with Gasteiger partial charge in [0.25, 0.3) is 5.69 Å². The summed E-state index contributed by atoms with van der Waals surface area (Å²) in [5.74, 6) is 0. The highest BCUT2D eigenvalue weighted by Crippen LogP contribution is 2.24. The van der Waals surface area contributed by atoms with Crippen LogP contribution >= 0.6 is 23.2 Å². The molecule has 2 aromatic carbocycles. The Morgan fingerprint density at radius 1 is 1.19 bits per heavy atom. The van der Waals surface area contributed by atoms with Crippen molar-refractivity contribution in [2.45, 2.75) is 6.54 Å². The van der Waals surface area contributed by atoms with E-state index >= 15 is 0 Å². The van der Waals surface area contributed by atoms with E-state index in [1.165, 1.54) is 12.1 Å². The molecule has 0 aliphatic rings. The fourth-order valence-electron chi connectivity index (χ4n) is 1.71. The summed E-state index contributed by atoms with van der Waals surface area (Å²) in [4.78, 5) is 10.1. The Morgan fingerprint density at radius 2 is 1.95 bits per heavy atom. The van der Waals surface area contributed by atoms with E-state index < -0.39 is 4.92 Å². The minimum Gasteiger partial charge on any atom is -0.381 e. The number of hydrogen-bond acceptors (Lipinski definition) is 4. The molecular weight excluding hydrogens is 313 g/mol. The van der Waals surface area contributed by atoms with Crippen LogP contribution in [0.3, 0.4) is 0 Å². The normalized spacial score (nSPS) is 9.95.